The molecule has 0 spiro atoms. The Hall–Kier alpha value is -2.79. The predicted molar refractivity (Wildman–Crippen MR) is 106 cm³/mol. The third-order valence-corrected chi connectivity index (χ3v) is 5.41. The van der Waals surface area contributed by atoms with Gasteiger partial charge in [-0.3, -0.25) is 4.90 Å². The third kappa shape index (κ3) is 3.43. The summed E-state index contributed by atoms with van der Waals surface area (Å²) in [4.78, 5) is 2.37. The van der Waals surface area contributed by atoms with Crippen molar-refractivity contribution < 1.29 is 9.84 Å². The van der Waals surface area contributed by atoms with Crippen molar-refractivity contribution in [2.24, 2.45) is 0 Å². The molecular formula is C22H25N3O2. The molecule has 0 amide bonds. The molecule has 5 heteroatoms. The number of aromatic hydroxyl groups is 1. The molecule has 1 N–H and O–H groups in total. The van der Waals surface area contributed by atoms with Crippen molar-refractivity contribution in [3.8, 4) is 17.3 Å². The van der Waals surface area contributed by atoms with Crippen LogP contribution in [0.2, 0.25) is 0 Å². The van der Waals surface area contributed by atoms with E-state index in [-0.39, 0.29) is 5.88 Å². The minimum Gasteiger partial charge on any atom is -0.494 e. The summed E-state index contributed by atoms with van der Waals surface area (Å²) in [6.45, 7) is 0.905. The Balaban J connectivity index is 1.57. The Labute approximate surface area is 159 Å². The summed E-state index contributed by atoms with van der Waals surface area (Å²) in [5.74, 6) is 0.928. The fraction of sp³-hybridized carbons (Fsp3) is 0.318. The quantitative estimate of drug-likeness (QED) is 0.753. The summed E-state index contributed by atoms with van der Waals surface area (Å²) in [5, 5.41) is 15.5. The molecule has 0 bridgehead atoms. The predicted octanol–water partition coefficient (Wildman–Crippen LogP) is 3.58. The maximum atomic E-state index is 10.9. The first kappa shape index (κ1) is 17.6. The van der Waals surface area contributed by atoms with E-state index in [4.69, 9.17) is 4.74 Å². The van der Waals surface area contributed by atoms with Crippen LogP contribution in [0.15, 0.2) is 54.6 Å². The molecule has 1 unspecified atom stereocenters. The lowest BCUT2D eigenvalue weighted by atomic mass is 9.92. The fourth-order valence-electron chi connectivity index (χ4n) is 3.89. The molecule has 1 aliphatic carbocycles. The minimum atomic E-state index is 0.229. The van der Waals surface area contributed by atoms with E-state index < -0.39 is 0 Å². The highest BCUT2D eigenvalue weighted by Crippen LogP contribution is 2.34. The number of aromatic nitrogens is 2. The molecule has 3 aromatic rings. The molecule has 0 saturated heterocycles. The van der Waals surface area contributed by atoms with Crippen molar-refractivity contribution >= 4 is 0 Å². The number of benzene rings is 2. The van der Waals surface area contributed by atoms with Crippen molar-refractivity contribution in [3.05, 3.63) is 71.4 Å². The van der Waals surface area contributed by atoms with Crippen LogP contribution in [0.5, 0.6) is 11.6 Å². The van der Waals surface area contributed by atoms with Gasteiger partial charge in [0.2, 0.25) is 5.88 Å². The second kappa shape index (κ2) is 7.45. The van der Waals surface area contributed by atoms with E-state index in [2.05, 4.69) is 41.3 Å². The SMILES string of the molecule is COc1ccccc1-n1nc2c(c1O)CC(N(C)Cc1ccccc1)CC2. The van der Waals surface area contributed by atoms with Crippen LogP contribution in [-0.2, 0) is 19.4 Å². The van der Waals surface area contributed by atoms with Crippen LogP contribution in [0.4, 0.5) is 0 Å². The molecule has 140 valence electrons. The standard InChI is InChI=1S/C22H25N3O2/c1-24(15-16-8-4-3-5-9-16)17-12-13-19-18(14-17)22(26)25(23-19)20-10-6-7-11-21(20)27-2/h3-11,17,26H,12-15H2,1-2H3. The summed E-state index contributed by atoms with van der Waals surface area (Å²) in [7, 11) is 3.79. The third-order valence-electron chi connectivity index (χ3n) is 5.41. The average Bonchev–Trinajstić information content (AvgIpc) is 3.04. The van der Waals surface area contributed by atoms with Crippen LogP contribution in [0, 0.1) is 0 Å². The summed E-state index contributed by atoms with van der Waals surface area (Å²) in [5.41, 5.74) is 4.01. The molecule has 0 aliphatic heterocycles. The molecule has 5 nitrogen and oxygen atoms in total. The number of aryl methyl sites for hydroxylation is 1. The number of hydrogen-bond donors (Lipinski definition) is 1. The highest BCUT2D eigenvalue weighted by Gasteiger charge is 2.29. The van der Waals surface area contributed by atoms with Gasteiger partial charge in [-0.05, 0) is 44.0 Å². The van der Waals surface area contributed by atoms with E-state index in [1.165, 1.54) is 5.56 Å². The number of para-hydroxylation sites is 2. The number of hydrogen-bond acceptors (Lipinski definition) is 4. The van der Waals surface area contributed by atoms with Gasteiger partial charge in [0.15, 0.2) is 0 Å². The molecule has 27 heavy (non-hydrogen) atoms. The molecule has 1 heterocycles. The lowest BCUT2D eigenvalue weighted by molar-refractivity contribution is 0.212. The van der Waals surface area contributed by atoms with Crippen LogP contribution < -0.4 is 4.74 Å². The zero-order valence-electron chi connectivity index (χ0n) is 15.8. The molecular weight excluding hydrogens is 338 g/mol. The maximum Gasteiger partial charge on any atom is 0.217 e. The van der Waals surface area contributed by atoms with E-state index in [1.807, 2.05) is 30.3 Å². The first-order valence-corrected chi connectivity index (χ1v) is 9.34. The molecule has 1 aromatic heterocycles. The molecule has 2 aromatic carbocycles. The van der Waals surface area contributed by atoms with Crippen LogP contribution in [0.3, 0.4) is 0 Å². The van der Waals surface area contributed by atoms with Gasteiger partial charge in [0.05, 0.1) is 12.8 Å². The second-order valence-corrected chi connectivity index (χ2v) is 7.13. The highest BCUT2D eigenvalue weighted by molar-refractivity contribution is 5.50. The van der Waals surface area contributed by atoms with E-state index in [0.29, 0.717) is 11.8 Å². The monoisotopic (exact) mass is 363 g/mol. The van der Waals surface area contributed by atoms with Crippen molar-refractivity contribution in [2.75, 3.05) is 14.2 Å². The average molecular weight is 363 g/mol. The second-order valence-electron chi connectivity index (χ2n) is 7.13. The topological polar surface area (TPSA) is 50.5 Å². The lowest BCUT2D eigenvalue weighted by Crippen LogP contribution is -2.35. The number of methoxy groups -OCH3 is 1. The van der Waals surface area contributed by atoms with Crippen molar-refractivity contribution in [1.82, 2.24) is 14.7 Å². The Kier molecular flexibility index (Phi) is 4.86. The molecule has 0 radical (unpaired) electrons. The summed E-state index contributed by atoms with van der Waals surface area (Å²) in [6, 6.07) is 18.5. The number of nitrogens with zero attached hydrogens (tertiary/aromatic N) is 3. The Morgan fingerprint density at radius 2 is 1.89 bits per heavy atom. The van der Waals surface area contributed by atoms with Gasteiger partial charge in [-0.1, -0.05) is 42.5 Å². The zero-order valence-corrected chi connectivity index (χ0v) is 15.8. The van der Waals surface area contributed by atoms with Gasteiger partial charge in [-0.15, -0.1) is 0 Å². The largest absolute Gasteiger partial charge is 0.494 e. The van der Waals surface area contributed by atoms with Crippen LogP contribution in [0.1, 0.15) is 23.2 Å². The van der Waals surface area contributed by atoms with Crippen molar-refractivity contribution in [3.63, 3.8) is 0 Å². The number of fused-ring (bicyclic) bond motifs is 1. The van der Waals surface area contributed by atoms with Gasteiger partial charge < -0.3 is 9.84 Å². The fourth-order valence-corrected chi connectivity index (χ4v) is 3.89. The smallest absolute Gasteiger partial charge is 0.217 e. The van der Waals surface area contributed by atoms with Gasteiger partial charge in [-0.2, -0.15) is 9.78 Å². The van der Waals surface area contributed by atoms with Crippen LogP contribution in [0.25, 0.3) is 5.69 Å². The molecule has 0 fully saturated rings. The number of rotatable bonds is 5. The van der Waals surface area contributed by atoms with Gasteiger partial charge in [0, 0.05) is 18.2 Å². The Morgan fingerprint density at radius 3 is 2.67 bits per heavy atom. The van der Waals surface area contributed by atoms with Gasteiger partial charge in [0.25, 0.3) is 0 Å². The molecule has 1 aliphatic rings. The first-order valence-electron chi connectivity index (χ1n) is 9.34. The molecule has 1 atom stereocenters. The van der Waals surface area contributed by atoms with E-state index in [1.54, 1.807) is 11.8 Å². The summed E-state index contributed by atoms with van der Waals surface area (Å²) in [6.07, 6.45) is 2.72. The van der Waals surface area contributed by atoms with E-state index in [9.17, 15) is 5.11 Å². The van der Waals surface area contributed by atoms with E-state index >= 15 is 0 Å². The van der Waals surface area contributed by atoms with Crippen molar-refractivity contribution in [1.29, 1.82) is 0 Å². The van der Waals surface area contributed by atoms with Gasteiger partial charge in [0.1, 0.15) is 11.4 Å². The first-order chi connectivity index (χ1) is 13.2. The Bertz CT molecular complexity index is 921. The lowest BCUT2D eigenvalue weighted by Gasteiger charge is -2.30. The van der Waals surface area contributed by atoms with Gasteiger partial charge >= 0.3 is 0 Å². The van der Waals surface area contributed by atoms with Crippen LogP contribution >= 0.6 is 0 Å². The molecule has 0 saturated carbocycles. The Morgan fingerprint density at radius 1 is 1.15 bits per heavy atom. The summed E-state index contributed by atoms with van der Waals surface area (Å²) >= 11 is 0. The van der Waals surface area contributed by atoms with Crippen molar-refractivity contribution in [2.45, 2.75) is 31.8 Å². The molecule has 4 rings (SSSR count). The maximum absolute atomic E-state index is 10.9. The summed E-state index contributed by atoms with van der Waals surface area (Å²) < 4.78 is 7.05. The van der Waals surface area contributed by atoms with E-state index in [0.717, 1.165) is 42.8 Å². The van der Waals surface area contributed by atoms with Gasteiger partial charge in [-0.25, -0.2) is 0 Å². The number of ether oxygens (including phenoxy) is 1. The zero-order chi connectivity index (χ0) is 18.8. The highest BCUT2D eigenvalue weighted by atomic mass is 16.5. The van der Waals surface area contributed by atoms with Crippen LogP contribution in [-0.4, -0.2) is 40.0 Å². The number of likely N-dealkylation sites (N-methyl/N-ethyl adjacent to an activating group) is 1. The normalized spacial score (nSPS) is 16.3. The minimum absolute atomic E-state index is 0.229.